The van der Waals surface area contributed by atoms with E-state index in [1.807, 2.05) is 54.6 Å². The van der Waals surface area contributed by atoms with E-state index in [1.54, 1.807) is 6.07 Å². The van der Waals surface area contributed by atoms with Gasteiger partial charge in [0.25, 0.3) is 5.91 Å². The maximum absolute atomic E-state index is 12.4. The molecule has 0 bridgehead atoms. The number of ether oxygens (including phenoxy) is 1. The Morgan fingerprint density at radius 1 is 1.00 bits per heavy atom. The third-order valence-corrected chi connectivity index (χ3v) is 4.13. The minimum absolute atomic E-state index is 0.267. The summed E-state index contributed by atoms with van der Waals surface area (Å²) in [5, 5.41) is 2.86. The summed E-state index contributed by atoms with van der Waals surface area (Å²) in [6, 6.07) is 19.3. The first-order chi connectivity index (χ1) is 13.2. The van der Waals surface area contributed by atoms with E-state index < -0.39 is 0 Å². The highest BCUT2D eigenvalue weighted by atomic mass is 16.5. The Morgan fingerprint density at radius 3 is 2.52 bits per heavy atom. The lowest BCUT2D eigenvalue weighted by Gasteiger charge is -2.08. The van der Waals surface area contributed by atoms with Gasteiger partial charge in [-0.1, -0.05) is 55.8 Å². The van der Waals surface area contributed by atoms with Crippen molar-refractivity contribution in [3.05, 3.63) is 83.8 Å². The first kappa shape index (κ1) is 18.6. The highest BCUT2D eigenvalue weighted by molar-refractivity contribution is 6.02. The molecule has 1 N–H and O–H groups in total. The number of amides is 1. The lowest BCUT2D eigenvalue weighted by atomic mass is 10.1. The molecule has 0 unspecified atom stereocenters. The van der Waals surface area contributed by atoms with Gasteiger partial charge in [0.2, 0.25) is 5.88 Å². The average molecular weight is 361 g/mol. The van der Waals surface area contributed by atoms with Crippen LogP contribution in [-0.2, 0) is 13.0 Å². The number of unbranched alkanes of at least 4 members (excludes halogenated alkanes) is 1. The fourth-order valence-corrected chi connectivity index (χ4v) is 2.60. The van der Waals surface area contributed by atoms with Crippen molar-refractivity contribution >= 4 is 11.6 Å². The summed E-state index contributed by atoms with van der Waals surface area (Å²) >= 11 is 0. The van der Waals surface area contributed by atoms with Crippen LogP contribution in [0.3, 0.4) is 0 Å². The van der Waals surface area contributed by atoms with Crippen molar-refractivity contribution in [2.45, 2.75) is 32.8 Å². The summed E-state index contributed by atoms with van der Waals surface area (Å²) in [6.07, 6.45) is 4.72. The zero-order valence-electron chi connectivity index (χ0n) is 15.4. The van der Waals surface area contributed by atoms with Crippen molar-refractivity contribution in [3.63, 3.8) is 0 Å². The highest BCUT2D eigenvalue weighted by Gasteiger charge is 2.10. The molecule has 0 fully saturated rings. The van der Waals surface area contributed by atoms with Gasteiger partial charge in [-0.05, 0) is 36.1 Å². The monoisotopic (exact) mass is 361 g/mol. The SMILES string of the molecule is CCCCc1ccc(NC(=O)c2cc(OCc3ccccc3)ncn2)cc1. The average Bonchev–Trinajstić information content (AvgIpc) is 2.73. The number of hydrogen-bond donors (Lipinski definition) is 1. The predicted octanol–water partition coefficient (Wildman–Crippen LogP) is 4.65. The summed E-state index contributed by atoms with van der Waals surface area (Å²) in [6.45, 7) is 2.56. The van der Waals surface area contributed by atoms with Crippen molar-refractivity contribution in [1.29, 1.82) is 0 Å². The molecule has 2 aromatic carbocycles. The molecule has 3 rings (SSSR count). The lowest BCUT2D eigenvalue weighted by molar-refractivity contribution is 0.102. The van der Waals surface area contributed by atoms with Crippen LogP contribution in [0.2, 0.25) is 0 Å². The van der Waals surface area contributed by atoms with Gasteiger partial charge in [-0.2, -0.15) is 0 Å². The van der Waals surface area contributed by atoms with Crippen LogP contribution in [0, 0.1) is 0 Å². The molecule has 27 heavy (non-hydrogen) atoms. The van der Waals surface area contributed by atoms with Gasteiger partial charge in [0, 0.05) is 11.8 Å². The summed E-state index contributed by atoms with van der Waals surface area (Å²) in [7, 11) is 0. The molecule has 0 aliphatic heterocycles. The topological polar surface area (TPSA) is 64.1 Å². The molecule has 5 nitrogen and oxygen atoms in total. The van der Waals surface area contributed by atoms with Crippen molar-refractivity contribution in [2.75, 3.05) is 5.32 Å². The van der Waals surface area contributed by atoms with Crippen molar-refractivity contribution in [3.8, 4) is 5.88 Å². The number of rotatable bonds is 8. The Balaban J connectivity index is 1.59. The molecule has 0 aliphatic carbocycles. The van der Waals surface area contributed by atoms with Crippen molar-refractivity contribution in [2.24, 2.45) is 0 Å². The smallest absolute Gasteiger partial charge is 0.274 e. The number of nitrogens with zero attached hydrogens (tertiary/aromatic N) is 2. The molecule has 0 radical (unpaired) electrons. The standard InChI is InChI=1S/C22H23N3O2/c1-2-3-7-17-10-12-19(13-11-17)25-22(26)20-14-21(24-16-23-20)27-15-18-8-5-4-6-9-18/h4-6,8-14,16H,2-3,7,15H2,1H3,(H,25,26). The second kappa shape index (κ2) is 9.48. The number of carbonyl (C=O) groups excluding carboxylic acids is 1. The van der Waals surface area contributed by atoms with E-state index in [-0.39, 0.29) is 11.6 Å². The second-order valence-corrected chi connectivity index (χ2v) is 6.27. The number of anilines is 1. The fourth-order valence-electron chi connectivity index (χ4n) is 2.60. The predicted molar refractivity (Wildman–Crippen MR) is 106 cm³/mol. The summed E-state index contributed by atoms with van der Waals surface area (Å²) in [5.74, 6) is 0.0807. The molecule has 138 valence electrons. The maximum atomic E-state index is 12.4. The summed E-state index contributed by atoms with van der Waals surface area (Å²) in [5.41, 5.74) is 3.31. The third-order valence-electron chi connectivity index (χ3n) is 4.13. The largest absolute Gasteiger partial charge is 0.473 e. The van der Waals surface area contributed by atoms with Gasteiger partial charge in [-0.3, -0.25) is 4.79 Å². The Hall–Kier alpha value is -3.21. The van der Waals surface area contributed by atoms with Crippen LogP contribution in [-0.4, -0.2) is 15.9 Å². The van der Waals surface area contributed by atoms with Gasteiger partial charge in [0.1, 0.15) is 18.6 Å². The lowest BCUT2D eigenvalue weighted by Crippen LogP contribution is -2.14. The third kappa shape index (κ3) is 5.64. The minimum atomic E-state index is -0.289. The molecule has 1 heterocycles. The van der Waals surface area contributed by atoms with Gasteiger partial charge in [-0.25, -0.2) is 9.97 Å². The number of hydrogen-bond acceptors (Lipinski definition) is 4. The molecule has 1 aromatic heterocycles. The molecule has 1 amide bonds. The van der Waals surface area contributed by atoms with Crippen molar-refractivity contribution < 1.29 is 9.53 Å². The van der Waals surface area contributed by atoms with E-state index in [0.717, 1.165) is 17.7 Å². The quantitative estimate of drug-likeness (QED) is 0.634. The van der Waals surface area contributed by atoms with Crippen molar-refractivity contribution in [1.82, 2.24) is 9.97 Å². The van der Waals surface area contributed by atoms with E-state index in [9.17, 15) is 4.79 Å². The Kier molecular flexibility index (Phi) is 6.52. The van der Waals surface area contributed by atoms with Crippen LogP contribution in [0.4, 0.5) is 5.69 Å². The molecule has 5 heteroatoms. The Bertz CT molecular complexity index is 864. The number of aryl methyl sites for hydroxylation is 1. The number of aromatic nitrogens is 2. The number of benzene rings is 2. The molecule has 0 saturated carbocycles. The van der Waals surface area contributed by atoms with Gasteiger partial charge >= 0.3 is 0 Å². The van der Waals surface area contributed by atoms with Gasteiger partial charge in [-0.15, -0.1) is 0 Å². The zero-order chi connectivity index (χ0) is 18.9. The summed E-state index contributed by atoms with van der Waals surface area (Å²) < 4.78 is 5.66. The van der Waals surface area contributed by atoms with Gasteiger partial charge in [0.05, 0.1) is 0 Å². The molecular formula is C22H23N3O2. The van der Waals surface area contributed by atoms with E-state index >= 15 is 0 Å². The first-order valence-electron chi connectivity index (χ1n) is 9.13. The molecule has 0 spiro atoms. The molecule has 0 saturated heterocycles. The first-order valence-corrected chi connectivity index (χ1v) is 9.13. The van der Waals surface area contributed by atoms with E-state index in [1.165, 1.54) is 24.7 Å². The van der Waals surface area contributed by atoms with E-state index in [2.05, 4.69) is 22.2 Å². The Labute approximate surface area is 159 Å². The zero-order valence-corrected chi connectivity index (χ0v) is 15.4. The summed E-state index contributed by atoms with van der Waals surface area (Å²) in [4.78, 5) is 20.6. The second-order valence-electron chi connectivity index (χ2n) is 6.27. The molecular weight excluding hydrogens is 338 g/mol. The van der Waals surface area contributed by atoms with Gasteiger partial charge < -0.3 is 10.1 Å². The van der Waals surface area contributed by atoms with Crippen LogP contribution in [0.1, 0.15) is 41.4 Å². The normalized spacial score (nSPS) is 10.4. The van der Waals surface area contributed by atoms with Crippen LogP contribution in [0.25, 0.3) is 0 Å². The van der Waals surface area contributed by atoms with Crippen LogP contribution >= 0.6 is 0 Å². The van der Waals surface area contributed by atoms with E-state index in [0.29, 0.717) is 12.5 Å². The van der Waals surface area contributed by atoms with Gasteiger partial charge in [0.15, 0.2) is 0 Å². The minimum Gasteiger partial charge on any atom is -0.473 e. The van der Waals surface area contributed by atoms with Crippen LogP contribution in [0.15, 0.2) is 67.0 Å². The number of carbonyl (C=O) groups is 1. The molecule has 0 atom stereocenters. The molecule has 0 aliphatic rings. The van der Waals surface area contributed by atoms with Crippen LogP contribution in [0.5, 0.6) is 5.88 Å². The maximum Gasteiger partial charge on any atom is 0.274 e. The van der Waals surface area contributed by atoms with E-state index in [4.69, 9.17) is 4.74 Å². The number of nitrogens with one attached hydrogen (secondary N) is 1. The molecule has 3 aromatic rings. The fraction of sp³-hybridized carbons (Fsp3) is 0.227. The highest BCUT2D eigenvalue weighted by Crippen LogP contribution is 2.14. The Morgan fingerprint density at radius 2 is 1.78 bits per heavy atom. The van der Waals surface area contributed by atoms with Crippen LogP contribution < -0.4 is 10.1 Å².